The molecule has 2 aromatic rings. The number of aromatic nitrogens is 1. The van der Waals surface area contributed by atoms with Crippen molar-refractivity contribution in [3.8, 4) is 0 Å². The highest BCUT2D eigenvalue weighted by Crippen LogP contribution is 2.03. The molecule has 1 aromatic carbocycles. The van der Waals surface area contributed by atoms with Crippen LogP contribution < -0.4 is 10.6 Å². The zero-order valence-corrected chi connectivity index (χ0v) is 18.3. The van der Waals surface area contributed by atoms with Gasteiger partial charge in [-0.05, 0) is 30.0 Å². The Morgan fingerprint density at radius 3 is 2.58 bits per heavy atom. The number of nitrogens with zero attached hydrogens (tertiary/aromatic N) is 2. The molecule has 2 rings (SSSR count). The molecule has 2 N–H and O–H groups in total. The van der Waals surface area contributed by atoms with E-state index < -0.39 is 0 Å². The van der Waals surface area contributed by atoms with E-state index in [2.05, 4.69) is 53.9 Å². The van der Waals surface area contributed by atoms with Crippen LogP contribution in [-0.4, -0.2) is 30.2 Å². The zero-order chi connectivity index (χ0) is 17.9. The van der Waals surface area contributed by atoms with Gasteiger partial charge in [0, 0.05) is 32.5 Å². The first-order valence-corrected chi connectivity index (χ1v) is 8.92. The largest absolute Gasteiger partial charge is 0.376 e. The minimum absolute atomic E-state index is 0. The summed E-state index contributed by atoms with van der Waals surface area (Å²) in [6.45, 7) is 7.99. The van der Waals surface area contributed by atoms with Crippen molar-refractivity contribution in [2.24, 2.45) is 18.0 Å². The Labute approximate surface area is 174 Å². The number of aryl methyl sites for hydroxylation is 1. The van der Waals surface area contributed by atoms with Crippen molar-refractivity contribution in [1.29, 1.82) is 0 Å². The quantitative estimate of drug-likeness (QED) is 0.335. The van der Waals surface area contributed by atoms with E-state index in [9.17, 15) is 0 Å². The monoisotopic (exact) mass is 470 g/mol. The SMILES string of the molecule is CCNC(=NCc1ccn(C)c1)NCC(C)COCc1ccccc1.I. The van der Waals surface area contributed by atoms with Crippen LogP contribution in [0.1, 0.15) is 25.0 Å². The lowest BCUT2D eigenvalue weighted by atomic mass is 10.2. The first-order chi connectivity index (χ1) is 12.2. The Kier molecular flexibility index (Phi) is 11.0. The van der Waals surface area contributed by atoms with E-state index in [4.69, 9.17) is 4.74 Å². The highest BCUT2D eigenvalue weighted by atomic mass is 127. The molecule has 0 radical (unpaired) electrons. The van der Waals surface area contributed by atoms with E-state index in [1.165, 1.54) is 11.1 Å². The maximum atomic E-state index is 5.80. The summed E-state index contributed by atoms with van der Waals surface area (Å²) in [6.07, 6.45) is 4.13. The van der Waals surface area contributed by atoms with E-state index in [1.54, 1.807) is 0 Å². The highest BCUT2D eigenvalue weighted by Gasteiger charge is 2.05. The standard InChI is InChI=1S/C20H30N4O.HI/c1-4-21-20(23-13-19-10-11-24(3)14-19)22-12-17(2)15-25-16-18-8-6-5-7-9-18;/h5-11,14,17H,4,12-13,15-16H2,1-3H3,(H2,21,22,23);1H. The van der Waals surface area contributed by atoms with Crippen LogP contribution in [0.4, 0.5) is 0 Å². The molecule has 0 bridgehead atoms. The van der Waals surface area contributed by atoms with Crippen LogP contribution in [0.5, 0.6) is 0 Å². The molecule has 0 amide bonds. The number of hydrogen-bond donors (Lipinski definition) is 2. The van der Waals surface area contributed by atoms with E-state index >= 15 is 0 Å². The second-order valence-corrected chi connectivity index (χ2v) is 6.37. The van der Waals surface area contributed by atoms with E-state index in [1.807, 2.05) is 36.0 Å². The lowest BCUT2D eigenvalue weighted by Crippen LogP contribution is -2.40. The molecular formula is C20H31IN4O. The van der Waals surface area contributed by atoms with Gasteiger partial charge >= 0.3 is 0 Å². The van der Waals surface area contributed by atoms with Crippen molar-refractivity contribution in [2.75, 3.05) is 19.7 Å². The highest BCUT2D eigenvalue weighted by molar-refractivity contribution is 14.0. The summed E-state index contributed by atoms with van der Waals surface area (Å²) in [7, 11) is 2.02. The van der Waals surface area contributed by atoms with Gasteiger partial charge in [0.1, 0.15) is 0 Å². The average Bonchev–Trinajstić information content (AvgIpc) is 3.04. The molecule has 0 spiro atoms. The molecule has 144 valence electrons. The predicted octanol–water partition coefficient (Wildman–Crippen LogP) is 3.55. The fourth-order valence-electron chi connectivity index (χ4n) is 2.45. The maximum Gasteiger partial charge on any atom is 0.191 e. The van der Waals surface area contributed by atoms with E-state index in [0.717, 1.165) is 25.7 Å². The van der Waals surface area contributed by atoms with Gasteiger partial charge in [-0.2, -0.15) is 0 Å². The Hall–Kier alpha value is -1.54. The van der Waals surface area contributed by atoms with Crippen molar-refractivity contribution in [2.45, 2.75) is 27.0 Å². The van der Waals surface area contributed by atoms with Gasteiger partial charge in [0.05, 0.1) is 19.8 Å². The lowest BCUT2D eigenvalue weighted by Gasteiger charge is -2.16. The number of hydrogen-bond acceptors (Lipinski definition) is 2. The van der Waals surface area contributed by atoms with E-state index in [-0.39, 0.29) is 24.0 Å². The van der Waals surface area contributed by atoms with Crippen molar-refractivity contribution >= 4 is 29.9 Å². The van der Waals surface area contributed by atoms with E-state index in [0.29, 0.717) is 19.1 Å². The zero-order valence-electron chi connectivity index (χ0n) is 15.9. The van der Waals surface area contributed by atoms with Crippen LogP contribution in [0.25, 0.3) is 0 Å². The number of guanidine groups is 1. The van der Waals surface area contributed by atoms with Crippen molar-refractivity contribution in [1.82, 2.24) is 15.2 Å². The number of benzene rings is 1. The number of ether oxygens (including phenoxy) is 1. The molecule has 0 aliphatic rings. The summed E-state index contributed by atoms with van der Waals surface area (Å²) in [5.74, 6) is 1.26. The lowest BCUT2D eigenvalue weighted by molar-refractivity contribution is 0.0931. The van der Waals surface area contributed by atoms with Crippen LogP contribution in [0, 0.1) is 5.92 Å². The van der Waals surface area contributed by atoms with Crippen LogP contribution in [-0.2, 0) is 24.9 Å². The van der Waals surface area contributed by atoms with Gasteiger partial charge in [0.2, 0.25) is 0 Å². The van der Waals surface area contributed by atoms with Gasteiger partial charge < -0.3 is 19.9 Å². The molecule has 1 aromatic heterocycles. The molecule has 0 aliphatic heterocycles. The topological polar surface area (TPSA) is 50.6 Å². The first-order valence-electron chi connectivity index (χ1n) is 8.92. The normalized spacial score (nSPS) is 12.3. The third-order valence-corrected chi connectivity index (χ3v) is 3.79. The van der Waals surface area contributed by atoms with Gasteiger partial charge in [-0.1, -0.05) is 37.3 Å². The van der Waals surface area contributed by atoms with Crippen LogP contribution in [0.15, 0.2) is 53.8 Å². The first kappa shape index (κ1) is 22.5. The van der Waals surface area contributed by atoms with Gasteiger partial charge in [-0.3, -0.25) is 0 Å². The van der Waals surface area contributed by atoms with Gasteiger partial charge in [0.15, 0.2) is 5.96 Å². The summed E-state index contributed by atoms with van der Waals surface area (Å²) in [5.41, 5.74) is 2.42. The summed E-state index contributed by atoms with van der Waals surface area (Å²) in [6, 6.07) is 12.4. The fraction of sp³-hybridized carbons (Fsp3) is 0.450. The smallest absolute Gasteiger partial charge is 0.191 e. The molecule has 5 nitrogen and oxygen atoms in total. The van der Waals surface area contributed by atoms with Gasteiger partial charge in [0.25, 0.3) is 0 Å². The summed E-state index contributed by atoms with van der Waals surface area (Å²) >= 11 is 0. The number of rotatable bonds is 9. The van der Waals surface area contributed by atoms with Crippen molar-refractivity contribution in [3.63, 3.8) is 0 Å². The molecule has 6 heteroatoms. The summed E-state index contributed by atoms with van der Waals surface area (Å²) < 4.78 is 7.84. The molecule has 0 aliphatic carbocycles. The second-order valence-electron chi connectivity index (χ2n) is 6.37. The molecule has 26 heavy (non-hydrogen) atoms. The Morgan fingerprint density at radius 2 is 1.92 bits per heavy atom. The Balaban J connectivity index is 0.00000338. The fourth-order valence-corrected chi connectivity index (χ4v) is 2.45. The molecule has 1 atom stereocenters. The number of halogens is 1. The summed E-state index contributed by atoms with van der Waals surface area (Å²) in [4.78, 5) is 4.64. The Bertz CT molecular complexity index is 642. The predicted molar refractivity (Wildman–Crippen MR) is 119 cm³/mol. The maximum absolute atomic E-state index is 5.80. The third-order valence-electron chi connectivity index (χ3n) is 3.79. The minimum atomic E-state index is 0. The molecule has 0 saturated carbocycles. The second kappa shape index (κ2) is 12.8. The molecule has 1 heterocycles. The van der Waals surface area contributed by atoms with Crippen molar-refractivity contribution < 1.29 is 4.74 Å². The van der Waals surface area contributed by atoms with Gasteiger partial charge in [-0.15, -0.1) is 24.0 Å². The molecule has 0 saturated heterocycles. The van der Waals surface area contributed by atoms with Crippen LogP contribution in [0.3, 0.4) is 0 Å². The van der Waals surface area contributed by atoms with Crippen molar-refractivity contribution in [3.05, 3.63) is 59.9 Å². The van der Waals surface area contributed by atoms with Crippen LogP contribution in [0.2, 0.25) is 0 Å². The number of nitrogens with one attached hydrogen (secondary N) is 2. The summed E-state index contributed by atoms with van der Waals surface area (Å²) in [5, 5.41) is 6.69. The van der Waals surface area contributed by atoms with Gasteiger partial charge in [-0.25, -0.2) is 4.99 Å². The average molecular weight is 470 g/mol. The van der Waals surface area contributed by atoms with Crippen LogP contribution >= 0.6 is 24.0 Å². The molecular weight excluding hydrogens is 439 g/mol. The molecule has 0 fully saturated rings. The minimum Gasteiger partial charge on any atom is -0.376 e. The third kappa shape index (κ3) is 8.71. The number of aliphatic imine (C=N–C) groups is 1. The molecule has 1 unspecified atom stereocenters. The Morgan fingerprint density at radius 1 is 1.15 bits per heavy atom.